The predicted octanol–water partition coefficient (Wildman–Crippen LogP) is 4.17. The molecule has 1 aromatic rings. The van der Waals surface area contributed by atoms with Gasteiger partial charge < -0.3 is 4.74 Å². The first-order valence-electron chi connectivity index (χ1n) is 5.29. The summed E-state index contributed by atoms with van der Waals surface area (Å²) in [5, 5.41) is 0.635. The molecule has 0 unspecified atom stereocenters. The number of carbonyl (C=O) groups excluding carboxylic acids is 2. The monoisotopic (exact) mass is 308 g/mol. The number of rotatable bonds is 5. The molecule has 0 heterocycles. The van der Waals surface area contributed by atoms with Gasteiger partial charge in [0.15, 0.2) is 5.78 Å². The number of ether oxygens (including phenoxy) is 1. The zero-order chi connectivity index (χ0) is 13.7. The Kier molecular flexibility index (Phi) is 5.93. The van der Waals surface area contributed by atoms with Gasteiger partial charge in [-0.2, -0.15) is 0 Å². The number of hydrogen-bond donors (Lipinski definition) is 0. The molecule has 6 heteroatoms. The van der Waals surface area contributed by atoms with Gasteiger partial charge in [-0.1, -0.05) is 41.7 Å². The minimum atomic E-state index is -0.580. The van der Waals surface area contributed by atoms with Crippen LogP contribution in [-0.4, -0.2) is 18.4 Å². The van der Waals surface area contributed by atoms with Crippen LogP contribution in [0.3, 0.4) is 0 Å². The lowest BCUT2D eigenvalue weighted by molar-refractivity contribution is -0.142. The highest BCUT2D eigenvalue weighted by Crippen LogP contribution is 2.29. The maximum absolute atomic E-state index is 11.8. The normalized spacial score (nSPS) is 10.2. The lowest BCUT2D eigenvalue weighted by Gasteiger charge is -2.06. The van der Waals surface area contributed by atoms with Gasteiger partial charge in [-0.25, -0.2) is 0 Å². The standard InChI is InChI=1S/C12H11Cl3O3/c1-2-3-18-12(17)6-11(16)7-4-9(14)10(15)5-8(7)13/h4-5H,2-3,6H2,1H3. The Labute approximate surface area is 120 Å². The molecule has 1 aromatic carbocycles. The van der Waals surface area contributed by atoms with Crippen molar-refractivity contribution in [2.75, 3.05) is 6.61 Å². The van der Waals surface area contributed by atoms with E-state index < -0.39 is 11.8 Å². The second-order valence-corrected chi connectivity index (χ2v) is 4.79. The Hall–Kier alpha value is -0.770. The number of Topliss-reactive ketones (excluding diaryl/α,β-unsaturated/α-hetero) is 1. The molecule has 0 saturated heterocycles. The Balaban J connectivity index is 2.78. The van der Waals surface area contributed by atoms with Crippen LogP contribution < -0.4 is 0 Å². The summed E-state index contributed by atoms with van der Waals surface area (Å²) in [5.74, 6) is -1.02. The average Bonchev–Trinajstić information content (AvgIpc) is 2.31. The minimum Gasteiger partial charge on any atom is -0.465 e. The lowest BCUT2D eigenvalue weighted by atomic mass is 10.1. The van der Waals surface area contributed by atoms with E-state index in [1.807, 2.05) is 6.92 Å². The Morgan fingerprint density at radius 3 is 2.33 bits per heavy atom. The second kappa shape index (κ2) is 6.98. The second-order valence-electron chi connectivity index (χ2n) is 3.57. The number of ketones is 1. The molecule has 0 bridgehead atoms. The number of carbonyl (C=O) groups is 2. The number of esters is 1. The van der Waals surface area contributed by atoms with E-state index in [0.717, 1.165) is 0 Å². The van der Waals surface area contributed by atoms with Crippen LogP contribution in [0.4, 0.5) is 0 Å². The van der Waals surface area contributed by atoms with Crippen molar-refractivity contribution in [3.05, 3.63) is 32.8 Å². The third kappa shape index (κ3) is 4.16. The summed E-state index contributed by atoms with van der Waals surface area (Å²) in [4.78, 5) is 23.1. The van der Waals surface area contributed by atoms with E-state index in [4.69, 9.17) is 39.5 Å². The molecule has 0 spiro atoms. The van der Waals surface area contributed by atoms with Crippen molar-refractivity contribution in [3.63, 3.8) is 0 Å². The highest BCUT2D eigenvalue weighted by Gasteiger charge is 2.17. The van der Waals surface area contributed by atoms with E-state index >= 15 is 0 Å². The summed E-state index contributed by atoms with van der Waals surface area (Å²) >= 11 is 17.4. The van der Waals surface area contributed by atoms with Gasteiger partial charge in [-0.05, 0) is 18.6 Å². The van der Waals surface area contributed by atoms with Gasteiger partial charge in [0, 0.05) is 5.56 Å². The van der Waals surface area contributed by atoms with E-state index in [1.165, 1.54) is 12.1 Å². The zero-order valence-corrected chi connectivity index (χ0v) is 11.9. The van der Waals surface area contributed by atoms with Crippen molar-refractivity contribution in [1.29, 1.82) is 0 Å². The summed E-state index contributed by atoms with van der Waals surface area (Å²) in [6, 6.07) is 2.72. The molecule has 0 amide bonds. The van der Waals surface area contributed by atoms with Crippen molar-refractivity contribution in [3.8, 4) is 0 Å². The Morgan fingerprint density at radius 1 is 1.11 bits per heavy atom. The van der Waals surface area contributed by atoms with E-state index in [2.05, 4.69) is 0 Å². The molecule has 0 atom stereocenters. The fourth-order valence-electron chi connectivity index (χ4n) is 1.23. The topological polar surface area (TPSA) is 43.4 Å². The van der Waals surface area contributed by atoms with E-state index in [-0.39, 0.29) is 27.1 Å². The first-order chi connectivity index (χ1) is 8.45. The highest BCUT2D eigenvalue weighted by molar-refractivity contribution is 6.44. The molecule has 0 aromatic heterocycles. The SMILES string of the molecule is CCCOC(=O)CC(=O)c1cc(Cl)c(Cl)cc1Cl. The third-order valence-corrected chi connectivity index (χ3v) is 3.12. The van der Waals surface area contributed by atoms with Gasteiger partial charge >= 0.3 is 5.97 Å². The van der Waals surface area contributed by atoms with Gasteiger partial charge in [-0.3, -0.25) is 9.59 Å². The highest BCUT2D eigenvalue weighted by atomic mass is 35.5. The quantitative estimate of drug-likeness (QED) is 0.355. The van der Waals surface area contributed by atoms with Gasteiger partial charge in [0.25, 0.3) is 0 Å². The minimum absolute atomic E-state index is 0.165. The van der Waals surface area contributed by atoms with Gasteiger partial charge in [0.2, 0.25) is 0 Å². The van der Waals surface area contributed by atoms with Gasteiger partial charge in [0.1, 0.15) is 6.42 Å². The molecule has 0 radical (unpaired) electrons. The molecule has 0 saturated carbocycles. The first-order valence-corrected chi connectivity index (χ1v) is 6.42. The van der Waals surface area contributed by atoms with Crippen molar-refractivity contribution in [1.82, 2.24) is 0 Å². The third-order valence-electron chi connectivity index (χ3n) is 2.08. The summed E-state index contributed by atoms with van der Waals surface area (Å²) < 4.78 is 4.82. The lowest BCUT2D eigenvalue weighted by Crippen LogP contribution is -2.12. The van der Waals surface area contributed by atoms with Crippen LogP contribution in [0, 0.1) is 0 Å². The van der Waals surface area contributed by atoms with Crippen LogP contribution >= 0.6 is 34.8 Å². The summed E-state index contributed by atoms with van der Waals surface area (Å²) in [5.41, 5.74) is 0.166. The zero-order valence-electron chi connectivity index (χ0n) is 9.63. The number of benzene rings is 1. The average molecular weight is 310 g/mol. The predicted molar refractivity (Wildman–Crippen MR) is 71.7 cm³/mol. The number of hydrogen-bond acceptors (Lipinski definition) is 3. The van der Waals surface area contributed by atoms with Crippen LogP contribution in [0.1, 0.15) is 30.1 Å². The Morgan fingerprint density at radius 2 is 1.72 bits per heavy atom. The Bertz CT molecular complexity index is 472. The summed E-state index contributed by atoms with van der Waals surface area (Å²) in [6.45, 7) is 2.16. The molecule has 0 fully saturated rings. The molecular formula is C12H11Cl3O3. The van der Waals surface area contributed by atoms with Crippen molar-refractivity contribution >= 4 is 46.6 Å². The summed E-state index contributed by atoms with van der Waals surface area (Å²) in [7, 11) is 0. The molecule has 98 valence electrons. The molecule has 1 rings (SSSR count). The molecule has 3 nitrogen and oxygen atoms in total. The fraction of sp³-hybridized carbons (Fsp3) is 0.333. The van der Waals surface area contributed by atoms with E-state index in [9.17, 15) is 9.59 Å². The van der Waals surface area contributed by atoms with E-state index in [0.29, 0.717) is 13.0 Å². The maximum Gasteiger partial charge on any atom is 0.313 e. The van der Waals surface area contributed by atoms with Crippen LogP contribution in [0.2, 0.25) is 15.1 Å². The molecule has 0 aliphatic carbocycles. The molecule has 0 N–H and O–H groups in total. The largest absolute Gasteiger partial charge is 0.465 e. The van der Waals surface area contributed by atoms with Crippen molar-refractivity contribution < 1.29 is 14.3 Å². The fourth-order valence-corrected chi connectivity index (χ4v) is 1.88. The molecule has 0 aliphatic heterocycles. The van der Waals surface area contributed by atoms with Crippen LogP contribution in [0.5, 0.6) is 0 Å². The number of halogens is 3. The smallest absolute Gasteiger partial charge is 0.313 e. The molecular weight excluding hydrogens is 298 g/mol. The molecule has 18 heavy (non-hydrogen) atoms. The van der Waals surface area contributed by atoms with E-state index in [1.54, 1.807) is 0 Å². The van der Waals surface area contributed by atoms with Crippen molar-refractivity contribution in [2.45, 2.75) is 19.8 Å². The van der Waals surface area contributed by atoms with Crippen LogP contribution in [0.15, 0.2) is 12.1 Å². The molecule has 0 aliphatic rings. The van der Waals surface area contributed by atoms with Crippen LogP contribution in [0.25, 0.3) is 0 Å². The van der Waals surface area contributed by atoms with Gasteiger partial charge in [0.05, 0.1) is 21.7 Å². The van der Waals surface area contributed by atoms with Crippen molar-refractivity contribution in [2.24, 2.45) is 0 Å². The summed E-state index contributed by atoms with van der Waals surface area (Å²) in [6.07, 6.45) is 0.338. The van der Waals surface area contributed by atoms with Crippen LogP contribution in [-0.2, 0) is 9.53 Å². The first kappa shape index (κ1) is 15.3. The van der Waals surface area contributed by atoms with Gasteiger partial charge in [-0.15, -0.1) is 0 Å². The maximum atomic E-state index is 11.8.